The van der Waals surface area contributed by atoms with E-state index in [-0.39, 0.29) is 24.9 Å². The van der Waals surface area contributed by atoms with E-state index < -0.39 is 18.2 Å². The predicted octanol–water partition coefficient (Wildman–Crippen LogP) is 19.3. The minimum Gasteiger partial charge on any atom is -0.462 e. The molecule has 412 valence electrons. The van der Waals surface area contributed by atoms with Gasteiger partial charge >= 0.3 is 5.97 Å². The smallest absolute Gasteiger partial charge is 0.306 e. The maximum absolute atomic E-state index is 13.3. The number of carbonyl (C=O) groups excluding carboxylic acids is 2. The number of ether oxygens (including phenoxy) is 1. The molecule has 0 aromatic rings. The van der Waals surface area contributed by atoms with E-state index in [1.54, 1.807) is 0 Å². The second-order valence-corrected chi connectivity index (χ2v) is 20.7. The predicted molar refractivity (Wildman–Crippen MR) is 310 cm³/mol. The molecule has 1 amide bonds. The molecule has 0 spiro atoms. The summed E-state index contributed by atoms with van der Waals surface area (Å²) in [6, 6.07) is -0.724. The van der Waals surface area contributed by atoms with E-state index in [4.69, 9.17) is 4.74 Å². The average molecular weight is 993 g/mol. The zero-order valence-electron chi connectivity index (χ0n) is 47.1. The molecule has 0 bridgehead atoms. The number of amides is 1. The zero-order chi connectivity index (χ0) is 51.6. The molecule has 0 saturated heterocycles. The third-order valence-corrected chi connectivity index (χ3v) is 13.8. The Labute approximate surface area is 441 Å². The molecular weight excluding hydrogens is 875 g/mol. The number of carbonyl (C=O) groups is 2. The van der Waals surface area contributed by atoms with Gasteiger partial charge in [-0.05, 0) is 89.9 Å². The van der Waals surface area contributed by atoms with Crippen molar-refractivity contribution in [3.8, 4) is 0 Å². The van der Waals surface area contributed by atoms with Crippen LogP contribution in [0.2, 0.25) is 0 Å². The molecule has 6 heteroatoms. The molecular formula is C65H117NO5. The van der Waals surface area contributed by atoms with E-state index in [1.165, 1.54) is 173 Å². The molecule has 0 saturated carbocycles. The first-order valence-electron chi connectivity index (χ1n) is 30.7. The maximum atomic E-state index is 13.3. The SMILES string of the molecule is CC/C=C\C/C=C\C/C=C\C/C=C\C/C=C\CCCC(CC(=O)NC(CO)C(O)CCCCCCCCCCCCCCCCCC)OC(=O)CCCCCCCCCCC/C=C/CCCCCCCC. The number of aliphatic hydroxyl groups is 2. The normalized spacial score (nSPS) is 13.6. The van der Waals surface area contributed by atoms with Gasteiger partial charge in [-0.25, -0.2) is 0 Å². The lowest BCUT2D eigenvalue weighted by Gasteiger charge is -2.24. The number of rotatable bonds is 55. The second-order valence-electron chi connectivity index (χ2n) is 20.7. The number of nitrogens with one attached hydrogen (secondary N) is 1. The van der Waals surface area contributed by atoms with Crippen molar-refractivity contribution in [1.82, 2.24) is 5.32 Å². The fourth-order valence-electron chi connectivity index (χ4n) is 9.17. The highest BCUT2D eigenvalue weighted by Crippen LogP contribution is 2.18. The number of allylic oxidation sites excluding steroid dienone is 12. The third kappa shape index (κ3) is 53.4. The number of esters is 1. The van der Waals surface area contributed by atoms with Gasteiger partial charge in [-0.15, -0.1) is 0 Å². The highest BCUT2D eigenvalue weighted by atomic mass is 16.5. The summed E-state index contributed by atoms with van der Waals surface area (Å²) in [6.45, 7) is 6.38. The summed E-state index contributed by atoms with van der Waals surface area (Å²) in [5, 5.41) is 23.9. The van der Waals surface area contributed by atoms with E-state index >= 15 is 0 Å². The van der Waals surface area contributed by atoms with Gasteiger partial charge in [-0.3, -0.25) is 9.59 Å². The first-order valence-corrected chi connectivity index (χ1v) is 30.7. The Morgan fingerprint density at radius 1 is 0.423 bits per heavy atom. The summed E-state index contributed by atoms with van der Waals surface area (Å²) in [4.78, 5) is 26.3. The van der Waals surface area contributed by atoms with Crippen molar-refractivity contribution >= 4 is 11.9 Å². The molecule has 0 rings (SSSR count). The van der Waals surface area contributed by atoms with Crippen molar-refractivity contribution < 1.29 is 24.5 Å². The van der Waals surface area contributed by atoms with Crippen LogP contribution in [0.25, 0.3) is 0 Å². The van der Waals surface area contributed by atoms with Crippen LogP contribution < -0.4 is 5.32 Å². The van der Waals surface area contributed by atoms with Crippen LogP contribution in [0.15, 0.2) is 72.9 Å². The molecule has 0 radical (unpaired) electrons. The Morgan fingerprint density at radius 3 is 1.20 bits per heavy atom. The summed E-state index contributed by atoms with van der Waals surface area (Å²) in [6.07, 6.45) is 75.5. The number of aliphatic hydroxyl groups excluding tert-OH is 2. The van der Waals surface area contributed by atoms with Crippen LogP contribution in [0.5, 0.6) is 0 Å². The van der Waals surface area contributed by atoms with Gasteiger partial charge in [0.2, 0.25) is 5.91 Å². The average Bonchev–Trinajstić information content (AvgIpc) is 3.36. The highest BCUT2D eigenvalue weighted by Gasteiger charge is 2.24. The summed E-state index contributed by atoms with van der Waals surface area (Å²) in [5.74, 6) is -0.524. The van der Waals surface area contributed by atoms with Gasteiger partial charge in [0.05, 0.1) is 25.2 Å². The topological polar surface area (TPSA) is 95.9 Å². The molecule has 6 nitrogen and oxygen atoms in total. The molecule has 71 heavy (non-hydrogen) atoms. The van der Waals surface area contributed by atoms with Crippen molar-refractivity contribution in [2.45, 2.75) is 322 Å². The van der Waals surface area contributed by atoms with Crippen LogP contribution in [0, 0.1) is 0 Å². The van der Waals surface area contributed by atoms with Crippen molar-refractivity contribution in [3.05, 3.63) is 72.9 Å². The van der Waals surface area contributed by atoms with Gasteiger partial charge in [0.1, 0.15) is 6.10 Å². The highest BCUT2D eigenvalue weighted by molar-refractivity contribution is 5.77. The van der Waals surface area contributed by atoms with Gasteiger partial charge in [0.25, 0.3) is 0 Å². The van der Waals surface area contributed by atoms with E-state index in [9.17, 15) is 19.8 Å². The van der Waals surface area contributed by atoms with E-state index in [1.807, 2.05) is 0 Å². The summed E-state index contributed by atoms with van der Waals surface area (Å²) in [5.41, 5.74) is 0. The summed E-state index contributed by atoms with van der Waals surface area (Å²) < 4.78 is 5.95. The summed E-state index contributed by atoms with van der Waals surface area (Å²) in [7, 11) is 0. The molecule has 0 aromatic heterocycles. The zero-order valence-corrected chi connectivity index (χ0v) is 47.1. The van der Waals surface area contributed by atoms with Crippen molar-refractivity contribution in [2.75, 3.05) is 6.61 Å². The molecule has 0 aromatic carbocycles. The minimum atomic E-state index is -0.807. The second kappa shape index (κ2) is 58.2. The Kier molecular flexibility index (Phi) is 56.0. The van der Waals surface area contributed by atoms with Crippen LogP contribution in [0.3, 0.4) is 0 Å². The number of hydrogen-bond donors (Lipinski definition) is 3. The lowest BCUT2D eigenvalue weighted by molar-refractivity contribution is -0.151. The molecule has 0 aliphatic carbocycles. The van der Waals surface area contributed by atoms with Gasteiger partial charge in [0, 0.05) is 6.42 Å². The van der Waals surface area contributed by atoms with Crippen molar-refractivity contribution in [2.24, 2.45) is 0 Å². The van der Waals surface area contributed by atoms with E-state index in [0.717, 1.165) is 83.5 Å². The Morgan fingerprint density at radius 2 is 0.775 bits per heavy atom. The van der Waals surface area contributed by atoms with Crippen molar-refractivity contribution in [1.29, 1.82) is 0 Å². The monoisotopic (exact) mass is 992 g/mol. The summed E-state index contributed by atoms with van der Waals surface area (Å²) >= 11 is 0. The maximum Gasteiger partial charge on any atom is 0.306 e. The van der Waals surface area contributed by atoms with E-state index in [0.29, 0.717) is 19.3 Å². The largest absolute Gasteiger partial charge is 0.462 e. The van der Waals surface area contributed by atoms with Crippen LogP contribution in [0.1, 0.15) is 303 Å². The quantitative estimate of drug-likeness (QED) is 0.0321. The fraction of sp³-hybridized carbons (Fsp3) is 0.785. The van der Waals surface area contributed by atoms with Gasteiger partial charge in [-0.1, -0.05) is 273 Å². The first-order chi connectivity index (χ1) is 35.0. The standard InChI is InChI=1S/C65H117NO5/c1-4-7-10-13-16-19-22-25-28-31-32-34-37-40-43-46-49-52-55-58-65(70)71-61(56-53-50-47-44-41-38-35-33-29-26-23-20-17-14-11-8-5-2)59-64(69)66-62(60-67)63(68)57-54-51-48-45-42-39-36-30-27-24-21-18-15-12-9-6-3/h8,11,17,20,25-26,28-29,35,38,44,47,61-63,67-68H,4-7,9-10,12-16,18-19,21-24,27,30-34,36-37,39-43,45-46,48-60H2,1-3H3,(H,66,69)/b11-8-,20-17-,28-25+,29-26-,38-35-,47-44-. The van der Waals surface area contributed by atoms with Crippen molar-refractivity contribution in [3.63, 3.8) is 0 Å². The van der Waals surface area contributed by atoms with Gasteiger partial charge in [0.15, 0.2) is 0 Å². The molecule has 3 unspecified atom stereocenters. The number of unbranched alkanes of at least 4 members (excludes halogenated alkanes) is 31. The van der Waals surface area contributed by atoms with Crippen LogP contribution in [0.4, 0.5) is 0 Å². The van der Waals surface area contributed by atoms with Gasteiger partial charge < -0.3 is 20.3 Å². The Hall–Kier alpha value is -2.70. The third-order valence-electron chi connectivity index (χ3n) is 13.8. The molecule has 0 aliphatic rings. The fourth-order valence-corrected chi connectivity index (χ4v) is 9.17. The van der Waals surface area contributed by atoms with E-state index in [2.05, 4.69) is 99.0 Å². The molecule has 3 atom stereocenters. The molecule has 0 heterocycles. The molecule has 0 fully saturated rings. The van der Waals surface area contributed by atoms with Crippen LogP contribution in [-0.4, -0.2) is 46.9 Å². The first kappa shape index (κ1) is 68.3. The Bertz CT molecular complexity index is 1300. The lowest BCUT2D eigenvalue weighted by Crippen LogP contribution is -2.46. The lowest BCUT2D eigenvalue weighted by atomic mass is 10.0. The van der Waals surface area contributed by atoms with Gasteiger partial charge in [-0.2, -0.15) is 0 Å². The van der Waals surface area contributed by atoms with Crippen LogP contribution in [-0.2, 0) is 14.3 Å². The minimum absolute atomic E-state index is 0.0369. The Balaban J connectivity index is 4.62. The number of hydrogen-bond acceptors (Lipinski definition) is 5. The molecule has 0 aliphatic heterocycles. The molecule has 3 N–H and O–H groups in total. The van der Waals surface area contributed by atoms with Crippen LogP contribution >= 0.6 is 0 Å².